The van der Waals surface area contributed by atoms with Crippen molar-refractivity contribution in [2.45, 2.75) is 42.7 Å². The zero-order chi connectivity index (χ0) is 25.3. The fraction of sp³-hybridized carbons (Fsp3) is 0.310. The van der Waals surface area contributed by atoms with Gasteiger partial charge in [-0.15, -0.1) is 11.8 Å². The van der Waals surface area contributed by atoms with Crippen LogP contribution in [-0.4, -0.2) is 46.1 Å². The summed E-state index contributed by atoms with van der Waals surface area (Å²) < 4.78 is 5.51. The van der Waals surface area contributed by atoms with Crippen LogP contribution in [0.2, 0.25) is 0 Å². The number of benzene rings is 3. The molecule has 1 heterocycles. The molecule has 1 aliphatic rings. The third-order valence-corrected chi connectivity index (χ3v) is 7.54. The lowest BCUT2D eigenvalue weighted by molar-refractivity contribution is -0.169. The van der Waals surface area contributed by atoms with Gasteiger partial charge in [0, 0.05) is 0 Å². The predicted molar refractivity (Wildman–Crippen MR) is 141 cm³/mol. The van der Waals surface area contributed by atoms with Crippen LogP contribution in [0.4, 0.5) is 0 Å². The molecule has 4 rings (SSSR count). The second-order valence-corrected chi connectivity index (χ2v) is 10.7. The molecule has 1 saturated heterocycles. The van der Waals surface area contributed by atoms with E-state index in [1.54, 1.807) is 4.90 Å². The molecular weight excluding hydrogens is 456 g/mol. The molecule has 0 saturated carbocycles. The summed E-state index contributed by atoms with van der Waals surface area (Å²) >= 11 is 1.47. The highest BCUT2D eigenvalue weighted by Crippen LogP contribution is 2.55. The fourth-order valence-electron chi connectivity index (χ4n) is 5.24. The standard InChI is InChI=1S/C29H32N2O3S/c1-27(2,3)34-24(32)20-31-25(33)29(30,26(31)35-4)28(21-14-8-5-9-15-21,22-16-10-6-11-17-22)23-18-12-7-13-19-23/h5-19,26H,20,30H2,1-4H3/t26-,29-/m1/s1. The molecule has 0 bridgehead atoms. The summed E-state index contributed by atoms with van der Waals surface area (Å²) in [7, 11) is 0. The summed E-state index contributed by atoms with van der Waals surface area (Å²) in [6, 6.07) is 29.8. The molecule has 0 aliphatic carbocycles. The molecule has 1 aliphatic heterocycles. The Balaban J connectivity index is 1.92. The SMILES string of the molecule is CS[C@H]1N(CC(=O)OC(C)(C)C)C(=O)[C@]1(N)C(c1ccccc1)(c1ccccc1)c1ccccc1. The Labute approximate surface area is 211 Å². The number of nitrogens with two attached hydrogens (primary N) is 1. The number of hydrogen-bond acceptors (Lipinski definition) is 5. The van der Waals surface area contributed by atoms with Crippen molar-refractivity contribution < 1.29 is 14.3 Å². The summed E-state index contributed by atoms with van der Waals surface area (Å²) in [5.41, 5.74) is 7.10. The first-order valence-corrected chi connectivity index (χ1v) is 13.0. The monoisotopic (exact) mass is 488 g/mol. The van der Waals surface area contributed by atoms with Crippen LogP contribution in [0.1, 0.15) is 37.5 Å². The highest BCUT2D eigenvalue weighted by atomic mass is 32.2. The van der Waals surface area contributed by atoms with Crippen LogP contribution >= 0.6 is 11.8 Å². The molecule has 0 radical (unpaired) electrons. The molecule has 0 aromatic heterocycles. The van der Waals surface area contributed by atoms with Crippen LogP contribution in [-0.2, 0) is 19.7 Å². The molecule has 3 aromatic rings. The van der Waals surface area contributed by atoms with Gasteiger partial charge in [-0.2, -0.15) is 0 Å². The van der Waals surface area contributed by atoms with E-state index in [0.717, 1.165) is 16.7 Å². The van der Waals surface area contributed by atoms with Crippen molar-refractivity contribution in [3.63, 3.8) is 0 Å². The van der Waals surface area contributed by atoms with Crippen LogP contribution in [0.5, 0.6) is 0 Å². The van der Waals surface area contributed by atoms with Gasteiger partial charge in [0.25, 0.3) is 0 Å². The van der Waals surface area contributed by atoms with E-state index in [0.29, 0.717) is 0 Å². The van der Waals surface area contributed by atoms with E-state index in [2.05, 4.69) is 0 Å². The van der Waals surface area contributed by atoms with Crippen molar-refractivity contribution >= 4 is 23.6 Å². The normalized spacial score (nSPS) is 20.3. The lowest BCUT2D eigenvalue weighted by Gasteiger charge is -2.61. The minimum Gasteiger partial charge on any atom is -0.459 e. The number of β-lactam (4-membered cyclic amide) rings is 1. The molecular formula is C29H32N2O3S. The minimum atomic E-state index is -1.35. The van der Waals surface area contributed by atoms with E-state index in [-0.39, 0.29) is 12.5 Å². The van der Waals surface area contributed by atoms with E-state index < -0.39 is 27.9 Å². The largest absolute Gasteiger partial charge is 0.459 e. The molecule has 2 N–H and O–H groups in total. The molecule has 1 fully saturated rings. The number of thioether (sulfide) groups is 1. The van der Waals surface area contributed by atoms with E-state index in [9.17, 15) is 9.59 Å². The average molecular weight is 489 g/mol. The number of ether oxygens (including phenoxy) is 1. The van der Waals surface area contributed by atoms with Gasteiger partial charge in [0.15, 0.2) is 0 Å². The Morgan fingerprint density at radius 3 is 1.63 bits per heavy atom. The van der Waals surface area contributed by atoms with Crippen LogP contribution in [0.3, 0.4) is 0 Å². The first kappa shape index (κ1) is 25.0. The minimum absolute atomic E-state index is 0.144. The third kappa shape index (κ3) is 4.15. The summed E-state index contributed by atoms with van der Waals surface area (Å²) in [5.74, 6) is -0.726. The number of likely N-dealkylation sites (tertiary alicyclic amines) is 1. The van der Waals surface area contributed by atoms with Gasteiger partial charge in [-0.1, -0.05) is 91.0 Å². The molecule has 2 atom stereocenters. The van der Waals surface area contributed by atoms with E-state index in [1.807, 2.05) is 118 Å². The van der Waals surface area contributed by atoms with Gasteiger partial charge < -0.3 is 15.4 Å². The van der Waals surface area contributed by atoms with Crippen LogP contribution in [0, 0.1) is 0 Å². The maximum Gasteiger partial charge on any atom is 0.326 e. The van der Waals surface area contributed by atoms with Gasteiger partial charge in [-0.3, -0.25) is 9.59 Å². The van der Waals surface area contributed by atoms with Crippen molar-refractivity contribution in [1.29, 1.82) is 0 Å². The van der Waals surface area contributed by atoms with Crippen molar-refractivity contribution in [1.82, 2.24) is 4.90 Å². The maximum absolute atomic E-state index is 14.1. The zero-order valence-corrected chi connectivity index (χ0v) is 21.4. The number of rotatable bonds is 7. The third-order valence-electron chi connectivity index (χ3n) is 6.47. The van der Waals surface area contributed by atoms with Gasteiger partial charge in [0.05, 0.1) is 5.41 Å². The molecule has 182 valence electrons. The molecule has 1 amide bonds. The van der Waals surface area contributed by atoms with Gasteiger partial charge in [-0.25, -0.2) is 0 Å². The smallest absolute Gasteiger partial charge is 0.326 e. The van der Waals surface area contributed by atoms with E-state index >= 15 is 0 Å². The Hall–Kier alpha value is -3.09. The molecule has 5 nitrogen and oxygen atoms in total. The van der Waals surface area contributed by atoms with Crippen molar-refractivity contribution in [3.8, 4) is 0 Å². The summed E-state index contributed by atoms with van der Waals surface area (Å²) in [4.78, 5) is 28.3. The van der Waals surface area contributed by atoms with Gasteiger partial charge in [0.2, 0.25) is 5.91 Å². The fourth-order valence-corrected chi connectivity index (χ4v) is 6.31. The Morgan fingerprint density at radius 2 is 1.29 bits per heavy atom. The number of hydrogen-bond donors (Lipinski definition) is 1. The molecule has 6 heteroatoms. The first-order chi connectivity index (χ1) is 16.7. The number of carbonyl (C=O) groups is 2. The molecule has 3 aromatic carbocycles. The van der Waals surface area contributed by atoms with Crippen molar-refractivity contribution in [2.75, 3.05) is 12.8 Å². The molecule has 0 unspecified atom stereocenters. The number of esters is 1. The van der Waals surface area contributed by atoms with Crippen molar-refractivity contribution in [2.24, 2.45) is 5.73 Å². The average Bonchev–Trinajstić information content (AvgIpc) is 2.85. The summed E-state index contributed by atoms with van der Waals surface area (Å²) in [6.45, 7) is 5.29. The number of carbonyl (C=O) groups excluding carboxylic acids is 2. The summed E-state index contributed by atoms with van der Waals surface area (Å²) in [6.07, 6.45) is 1.92. The second kappa shape index (κ2) is 9.51. The quantitative estimate of drug-likeness (QED) is 0.299. The highest BCUT2D eigenvalue weighted by molar-refractivity contribution is 7.99. The zero-order valence-electron chi connectivity index (χ0n) is 20.6. The van der Waals surface area contributed by atoms with Crippen LogP contribution < -0.4 is 5.73 Å². The Bertz CT molecular complexity index is 1080. The van der Waals surface area contributed by atoms with Crippen LogP contribution in [0.15, 0.2) is 91.0 Å². The van der Waals surface area contributed by atoms with Crippen molar-refractivity contribution in [3.05, 3.63) is 108 Å². The Kier molecular flexibility index (Phi) is 6.80. The van der Waals surface area contributed by atoms with E-state index in [4.69, 9.17) is 10.5 Å². The van der Waals surface area contributed by atoms with Gasteiger partial charge >= 0.3 is 5.97 Å². The summed E-state index contributed by atoms with van der Waals surface area (Å²) in [5, 5.41) is -0.455. The molecule has 0 spiro atoms. The van der Waals surface area contributed by atoms with Gasteiger partial charge in [-0.05, 0) is 43.7 Å². The Morgan fingerprint density at radius 1 is 0.886 bits per heavy atom. The number of amides is 1. The first-order valence-electron chi connectivity index (χ1n) is 11.7. The maximum atomic E-state index is 14.1. The van der Waals surface area contributed by atoms with Crippen LogP contribution in [0.25, 0.3) is 0 Å². The highest BCUT2D eigenvalue weighted by Gasteiger charge is 2.70. The molecule has 35 heavy (non-hydrogen) atoms. The van der Waals surface area contributed by atoms with Gasteiger partial charge in [0.1, 0.15) is 23.1 Å². The lowest BCUT2D eigenvalue weighted by Crippen LogP contribution is -2.85. The predicted octanol–water partition coefficient (Wildman–Crippen LogP) is 4.59. The lowest BCUT2D eigenvalue weighted by atomic mass is 9.54. The number of nitrogens with zero attached hydrogens (tertiary/aromatic N) is 1. The van der Waals surface area contributed by atoms with E-state index in [1.165, 1.54) is 11.8 Å². The second-order valence-electron chi connectivity index (χ2n) is 9.82. The topological polar surface area (TPSA) is 72.6 Å².